The van der Waals surface area contributed by atoms with E-state index in [0.29, 0.717) is 37.4 Å². The van der Waals surface area contributed by atoms with Crippen LogP contribution in [0.1, 0.15) is 6.42 Å². The molecule has 4 rings (SSSR count). The lowest BCUT2D eigenvalue weighted by Crippen LogP contribution is -2.41. The number of carbonyl (C=O) groups excluding carboxylic acids is 1. The van der Waals surface area contributed by atoms with Gasteiger partial charge in [-0.05, 0) is 0 Å². The fraction of sp³-hybridized carbons (Fsp3) is 0.333. The van der Waals surface area contributed by atoms with Crippen LogP contribution < -0.4 is 5.56 Å². The fourth-order valence-electron chi connectivity index (χ4n) is 3.02. The third-order valence-corrected chi connectivity index (χ3v) is 4.44. The zero-order valence-electron chi connectivity index (χ0n) is 14.1. The highest BCUT2D eigenvalue weighted by molar-refractivity contribution is 5.88. The summed E-state index contributed by atoms with van der Waals surface area (Å²) in [6.07, 6.45) is 1.64. The van der Waals surface area contributed by atoms with E-state index < -0.39 is 0 Å². The van der Waals surface area contributed by atoms with Crippen molar-refractivity contribution in [3.8, 4) is 11.3 Å². The molecule has 3 aromatic rings. The Morgan fingerprint density at radius 2 is 1.92 bits per heavy atom. The monoisotopic (exact) mass is 354 g/mol. The summed E-state index contributed by atoms with van der Waals surface area (Å²) < 4.78 is 11.9. The first-order chi connectivity index (χ1) is 12.7. The molecule has 26 heavy (non-hydrogen) atoms. The Morgan fingerprint density at radius 1 is 1.15 bits per heavy atom. The molecule has 0 unspecified atom stereocenters. The van der Waals surface area contributed by atoms with Gasteiger partial charge in [0.25, 0.3) is 11.3 Å². The molecule has 2 aromatic heterocycles. The summed E-state index contributed by atoms with van der Waals surface area (Å²) in [7, 11) is 0. The summed E-state index contributed by atoms with van der Waals surface area (Å²) in [6, 6.07) is 9.34. The predicted molar refractivity (Wildman–Crippen MR) is 93.5 cm³/mol. The number of hydrogen-bond acceptors (Lipinski definition) is 6. The van der Waals surface area contributed by atoms with Gasteiger partial charge >= 0.3 is 0 Å². The van der Waals surface area contributed by atoms with Crippen LogP contribution in [0.3, 0.4) is 0 Å². The molecule has 1 saturated heterocycles. The van der Waals surface area contributed by atoms with Gasteiger partial charge in [0, 0.05) is 31.6 Å². The molecule has 1 aliphatic heterocycles. The van der Waals surface area contributed by atoms with Gasteiger partial charge in [-0.1, -0.05) is 35.5 Å². The lowest BCUT2D eigenvalue weighted by molar-refractivity contribution is -0.135. The maximum absolute atomic E-state index is 12.9. The highest BCUT2D eigenvalue weighted by atomic mass is 16.5. The van der Waals surface area contributed by atoms with Gasteiger partial charge < -0.3 is 14.2 Å². The Balaban J connectivity index is 1.59. The van der Waals surface area contributed by atoms with E-state index in [-0.39, 0.29) is 30.1 Å². The Morgan fingerprint density at radius 3 is 2.69 bits per heavy atom. The summed E-state index contributed by atoms with van der Waals surface area (Å²) in [4.78, 5) is 31.1. The molecule has 0 bridgehead atoms. The number of hydrogen-bond donors (Lipinski definition) is 0. The van der Waals surface area contributed by atoms with Crippen molar-refractivity contribution in [3.05, 3.63) is 47.0 Å². The molecule has 0 aliphatic carbocycles. The van der Waals surface area contributed by atoms with Crippen molar-refractivity contribution in [2.45, 2.75) is 13.0 Å². The zero-order valence-corrected chi connectivity index (χ0v) is 14.1. The molecular weight excluding hydrogens is 336 g/mol. The van der Waals surface area contributed by atoms with Crippen molar-refractivity contribution >= 4 is 17.0 Å². The molecule has 0 spiro atoms. The lowest BCUT2D eigenvalue weighted by atomic mass is 10.1. The van der Waals surface area contributed by atoms with Crippen molar-refractivity contribution in [1.29, 1.82) is 0 Å². The van der Waals surface area contributed by atoms with Gasteiger partial charge in [0.2, 0.25) is 5.91 Å². The zero-order chi connectivity index (χ0) is 17.9. The van der Waals surface area contributed by atoms with E-state index in [1.54, 1.807) is 4.90 Å². The van der Waals surface area contributed by atoms with Crippen LogP contribution in [0.4, 0.5) is 0 Å². The Kier molecular flexibility index (Phi) is 4.49. The smallest absolute Gasteiger partial charge is 0.266 e. The predicted octanol–water partition coefficient (Wildman–Crippen LogP) is 1.30. The van der Waals surface area contributed by atoms with E-state index in [4.69, 9.17) is 9.26 Å². The fourth-order valence-corrected chi connectivity index (χ4v) is 3.02. The first kappa shape index (κ1) is 16.5. The molecule has 1 aliphatic rings. The second-order valence-electron chi connectivity index (χ2n) is 6.06. The van der Waals surface area contributed by atoms with Crippen LogP contribution in [0, 0.1) is 0 Å². The Hall–Kier alpha value is -3.00. The molecule has 0 saturated carbocycles. The van der Waals surface area contributed by atoms with Crippen molar-refractivity contribution in [2.24, 2.45) is 0 Å². The minimum Gasteiger partial charge on any atom is -0.378 e. The minimum absolute atomic E-state index is 0.00824. The molecular formula is C18H18N4O4. The molecule has 1 amide bonds. The molecule has 0 N–H and O–H groups in total. The summed E-state index contributed by atoms with van der Waals surface area (Å²) in [5, 5.41) is 4.33. The number of ether oxygens (including phenoxy) is 1. The van der Waals surface area contributed by atoms with Crippen LogP contribution in [0.15, 0.2) is 46.0 Å². The van der Waals surface area contributed by atoms with Crippen molar-refractivity contribution < 1.29 is 14.1 Å². The summed E-state index contributed by atoms with van der Waals surface area (Å²) in [5.74, 6) is 0.00824. The van der Waals surface area contributed by atoms with Crippen molar-refractivity contribution in [2.75, 3.05) is 26.3 Å². The first-order valence-electron chi connectivity index (χ1n) is 8.50. The molecule has 0 radical (unpaired) electrons. The lowest BCUT2D eigenvalue weighted by Gasteiger charge is -2.26. The number of benzene rings is 1. The standard InChI is InChI=1S/C18H18N4O4/c23-14(21-8-10-25-11-9-21)6-7-22-12-19-17-15(18(22)24)16(20-26-17)13-4-2-1-3-5-13/h1-5,12H,6-11H2. The van der Waals surface area contributed by atoms with Crippen molar-refractivity contribution in [3.63, 3.8) is 0 Å². The summed E-state index contributed by atoms with van der Waals surface area (Å²) in [6.45, 7) is 2.56. The molecule has 0 atom stereocenters. The van der Waals surface area contributed by atoms with E-state index in [2.05, 4.69) is 10.1 Å². The van der Waals surface area contributed by atoms with Gasteiger partial charge in [-0.2, -0.15) is 0 Å². The second-order valence-corrected chi connectivity index (χ2v) is 6.06. The van der Waals surface area contributed by atoms with Gasteiger partial charge in [0.1, 0.15) is 17.4 Å². The highest BCUT2D eigenvalue weighted by Crippen LogP contribution is 2.23. The van der Waals surface area contributed by atoms with E-state index in [0.717, 1.165) is 5.56 Å². The molecule has 134 valence electrons. The van der Waals surface area contributed by atoms with Gasteiger partial charge in [-0.3, -0.25) is 14.2 Å². The number of aromatic nitrogens is 3. The SMILES string of the molecule is O=C(CCn1cnc2onc(-c3ccccc3)c2c1=O)N1CCOCC1. The van der Waals surface area contributed by atoms with E-state index in [1.807, 2.05) is 30.3 Å². The highest BCUT2D eigenvalue weighted by Gasteiger charge is 2.19. The van der Waals surface area contributed by atoms with Gasteiger partial charge in [0.15, 0.2) is 0 Å². The van der Waals surface area contributed by atoms with Crippen molar-refractivity contribution in [1.82, 2.24) is 19.6 Å². The average molecular weight is 354 g/mol. The topological polar surface area (TPSA) is 90.5 Å². The average Bonchev–Trinajstić information content (AvgIpc) is 3.13. The van der Waals surface area contributed by atoms with Crippen LogP contribution in [0.2, 0.25) is 0 Å². The molecule has 3 heterocycles. The number of amides is 1. The molecule has 8 nitrogen and oxygen atoms in total. The second kappa shape index (κ2) is 7.09. The van der Waals surface area contributed by atoms with Crippen LogP contribution >= 0.6 is 0 Å². The first-order valence-corrected chi connectivity index (χ1v) is 8.50. The number of nitrogens with zero attached hydrogens (tertiary/aromatic N) is 4. The number of carbonyl (C=O) groups is 1. The number of aryl methyl sites for hydroxylation is 1. The molecule has 1 aromatic carbocycles. The Labute approximate surface area is 149 Å². The number of rotatable bonds is 4. The maximum atomic E-state index is 12.9. The van der Waals surface area contributed by atoms with Gasteiger partial charge in [0.05, 0.1) is 13.2 Å². The third-order valence-electron chi connectivity index (χ3n) is 4.44. The molecule has 8 heteroatoms. The van der Waals surface area contributed by atoms with Crippen LogP contribution in [0.5, 0.6) is 0 Å². The largest absolute Gasteiger partial charge is 0.378 e. The van der Waals surface area contributed by atoms with Crippen LogP contribution in [-0.4, -0.2) is 51.8 Å². The molecule has 1 fully saturated rings. The summed E-state index contributed by atoms with van der Waals surface area (Å²) in [5.41, 5.74) is 1.19. The van der Waals surface area contributed by atoms with E-state index in [1.165, 1.54) is 10.9 Å². The van der Waals surface area contributed by atoms with E-state index in [9.17, 15) is 9.59 Å². The summed E-state index contributed by atoms with van der Waals surface area (Å²) >= 11 is 0. The minimum atomic E-state index is -0.259. The van der Waals surface area contributed by atoms with E-state index >= 15 is 0 Å². The third kappa shape index (κ3) is 3.11. The number of morpholine rings is 1. The van der Waals surface area contributed by atoms with Gasteiger partial charge in [-0.15, -0.1) is 0 Å². The Bertz CT molecular complexity index is 974. The normalized spacial score (nSPS) is 14.7. The number of fused-ring (bicyclic) bond motifs is 1. The van der Waals surface area contributed by atoms with Crippen LogP contribution in [-0.2, 0) is 16.1 Å². The maximum Gasteiger partial charge on any atom is 0.266 e. The quantitative estimate of drug-likeness (QED) is 0.701. The van der Waals surface area contributed by atoms with Crippen LogP contribution in [0.25, 0.3) is 22.4 Å². The van der Waals surface area contributed by atoms with Gasteiger partial charge in [-0.25, -0.2) is 4.98 Å².